The second-order valence-corrected chi connectivity index (χ2v) is 3.23. The van der Waals surface area contributed by atoms with Crippen LogP contribution in [-0.4, -0.2) is 10.1 Å². The van der Waals surface area contributed by atoms with Crippen molar-refractivity contribution in [3.05, 3.63) is 65.7 Å². The lowest BCUT2D eigenvalue weighted by Crippen LogP contribution is -2.00. The van der Waals surface area contributed by atoms with Crippen LogP contribution in [0.2, 0.25) is 0 Å². The van der Waals surface area contributed by atoms with E-state index in [1.165, 1.54) is 12.3 Å². The zero-order chi connectivity index (χ0) is 10.7. The molecule has 0 spiro atoms. The molecule has 0 aliphatic rings. The van der Waals surface area contributed by atoms with Gasteiger partial charge in [0.1, 0.15) is 6.10 Å². The van der Waals surface area contributed by atoms with Crippen LogP contribution in [0.5, 0.6) is 0 Å². The Morgan fingerprint density at radius 1 is 1.07 bits per heavy atom. The molecule has 0 saturated heterocycles. The maximum Gasteiger partial charge on any atom is 0.213 e. The van der Waals surface area contributed by atoms with Crippen LogP contribution >= 0.6 is 0 Å². The Bertz CT molecular complexity index is 444. The highest BCUT2D eigenvalue weighted by Crippen LogP contribution is 2.21. The van der Waals surface area contributed by atoms with Crippen LogP contribution in [0.4, 0.5) is 4.39 Å². The largest absolute Gasteiger partial charge is 0.384 e. The molecule has 15 heavy (non-hydrogen) atoms. The normalized spacial score (nSPS) is 12.4. The average molecular weight is 203 g/mol. The fraction of sp³-hybridized carbons (Fsp3) is 0.0833. The average Bonchev–Trinajstić information content (AvgIpc) is 2.29. The van der Waals surface area contributed by atoms with Crippen LogP contribution in [0.3, 0.4) is 0 Å². The van der Waals surface area contributed by atoms with E-state index in [1.807, 2.05) is 18.2 Å². The van der Waals surface area contributed by atoms with Gasteiger partial charge in [-0.25, -0.2) is 4.98 Å². The van der Waals surface area contributed by atoms with Gasteiger partial charge in [0.15, 0.2) is 0 Å². The van der Waals surface area contributed by atoms with E-state index >= 15 is 0 Å². The number of hydrogen-bond donors (Lipinski definition) is 1. The van der Waals surface area contributed by atoms with E-state index in [1.54, 1.807) is 18.2 Å². The molecule has 0 amide bonds. The van der Waals surface area contributed by atoms with E-state index in [-0.39, 0.29) is 0 Å². The highest BCUT2D eigenvalue weighted by atomic mass is 19.1. The smallest absolute Gasteiger partial charge is 0.213 e. The fourth-order valence-corrected chi connectivity index (χ4v) is 1.42. The number of rotatable bonds is 2. The number of benzene rings is 1. The van der Waals surface area contributed by atoms with Gasteiger partial charge in [0.05, 0.1) is 0 Å². The van der Waals surface area contributed by atoms with E-state index < -0.39 is 12.1 Å². The predicted octanol–water partition coefficient (Wildman–Crippen LogP) is 2.30. The molecule has 76 valence electrons. The predicted molar refractivity (Wildman–Crippen MR) is 54.7 cm³/mol. The Morgan fingerprint density at radius 2 is 1.80 bits per heavy atom. The van der Waals surface area contributed by atoms with Gasteiger partial charge >= 0.3 is 0 Å². The maximum atomic E-state index is 12.8. The van der Waals surface area contributed by atoms with Crippen molar-refractivity contribution < 1.29 is 9.50 Å². The van der Waals surface area contributed by atoms with Crippen molar-refractivity contribution in [1.29, 1.82) is 0 Å². The van der Waals surface area contributed by atoms with Gasteiger partial charge in [-0.2, -0.15) is 4.39 Å². The molecule has 0 aliphatic carbocycles. The molecule has 3 heteroatoms. The molecule has 0 fully saturated rings. The van der Waals surface area contributed by atoms with Crippen molar-refractivity contribution in [1.82, 2.24) is 4.98 Å². The molecule has 1 aromatic heterocycles. The van der Waals surface area contributed by atoms with Crippen LogP contribution in [-0.2, 0) is 0 Å². The summed E-state index contributed by atoms with van der Waals surface area (Å²) < 4.78 is 12.8. The number of aliphatic hydroxyl groups is 1. The third kappa shape index (κ3) is 2.19. The molecule has 0 saturated carbocycles. The lowest BCUT2D eigenvalue weighted by Gasteiger charge is -2.10. The Balaban J connectivity index is 2.32. The van der Waals surface area contributed by atoms with Gasteiger partial charge in [0, 0.05) is 6.20 Å². The molecular weight excluding hydrogens is 193 g/mol. The fourth-order valence-electron chi connectivity index (χ4n) is 1.42. The quantitative estimate of drug-likeness (QED) is 0.760. The van der Waals surface area contributed by atoms with Crippen LogP contribution in [0.15, 0.2) is 48.7 Å². The molecule has 1 aromatic carbocycles. The highest BCUT2D eigenvalue weighted by Gasteiger charge is 2.10. The number of halogens is 1. The Kier molecular flexibility index (Phi) is 2.74. The van der Waals surface area contributed by atoms with E-state index in [2.05, 4.69) is 4.98 Å². The van der Waals surface area contributed by atoms with Crippen molar-refractivity contribution in [2.75, 3.05) is 0 Å². The van der Waals surface area contributed by atoms with Gasteiger partial charge < -0.3 is 5.11 Å². The lowest BCUT2D eigenvalue weighted by molar-refractivity contribution is 0.219. The molecule has 0 aliphatic heterocycles. The summed E-state index contributed by atoms with van der Waals surface area (Å²) >= 11 is 0. The van der Waals surface area contributed by atoms with Gasteiger partial charge in [0.25, 0.3) is 0 Å². The topological polar surface area (TPSA) is 33.1 Å². The Morgan fingerprint density at radius 3 is 2.47 bits per heavy atom. The first-order valence-electron chi connectivity index (χ1n) is 4.62. The van der Waals surface area contributed by atoms with Gasteiger partial charge in [0.2, 0.25) is 5.95 Å². The van der Waals surface area contributed by atoms with Crippen LogP contribution in [0.25, 0.3) is 0 Å². The van der Waals surface area contributed by atoms with Crippen LogP contribution in [0.1, 0.15) is 17.2 Å². The molecule has 0 bridgehead atoms. The molecule has 0 radical (unpaired) electrons. The van der Waals surface area contributed by atoms with Crippen molar-refractivity contribution in [3.8, 4) is 0 Å². The summed E-state index contributed by atoms with van der Waals surface area (Å²) in [6.45, 7) is 0. The number of aromatic nitrogens is 1. The zero-order valence-corrected chi connectivity index (χ0v) is 7.97. The van der Waals surface area contributed by atoms with Crippen molar-refractivity contribution in [3.63, 3.8) is 0 Å². The second kappa shape index (κ2) is 4.19. The molecule has 1 unspecified atom stereocenters. The third-order valence-corrected chi connectivity index (χ3v) is 2.18. The summed E-state index contributed by atoms with van der Waals surface area (Å²) in [6, 6.07) is 11.9. The lowest BCUT2D eigenvalue weighted by atomic mass is 10.0. The summed E-state index contributed by atoms with van der Waals surface area (Å²) in [5, 5.41) is 9.92. The molecule has 2 aromatic rings. The van der Waals surface area contributed by atoms with Crippen molar-refractivity contribution in [2.45, 2.75) is 6.10 Å². The van der Waals surface area contributed by atoms with Crippen molar-refractivity contribution in [2.24, 2.45) is 0 Å². The van der Waals surface area contributed by atoms with Gasteiger partial charge in [-0.15, -0.1) is 0 Å². The minimum absolute atomic E-state index is 0.508. The molecular formula is C12H10FNO. The number of hydrogen-bond acceptors (Lipinski definition) is 2. The summed E-state index contributed by atoms with van der Waals surface area (Å²) in [5.74, 6) is -0.581. The van der Waals surface area contributed by atoms with Crippen LogP contribution in [0, 0.1) is 5.95 Å². The number of pyridine rings is 1. The molecule has 2 rings (SSSR count). The van der Waals surface area contributed by atoms with E-state index in [4.69, 9.17) is 0 Å². The third-order valence-electron chi connectivity index (χ3n) is 2.18. The SMILES string of the molecule is OC(c1ccccc1)c1ccnc(F)c1. The molecule has 2 nitrogen and oxygen atoms in total. The van der Waals surface area contributed by atoms with Crippen LogP contribution < -0.4 is 0 Å². The van der Waals surface area contributed by atoms with Gasteiger partial charge in [-0.1, -0.05) is 30.3 Å². The Hall–Kier alpha value is -1.74. The maximum absolute atomic E-state index is 12.8. The zero-order valence-electron chi connectivity index (χ0n) is 7.97. The van der Waals surface area contributed by atoms with Gasteiger partial charge in [-0.3, -0.25) is 0 Å². The first-order chi connectivity index (χ1) is 7.27. The first-order valence-corrected chi connectivity index (χ1v) is 4.62. The van der Waals surface area contributed by atoms with Gasteiger partial charge in [-0.05, 0) is 23.3 Å². The summed E-state index contributed by atoms with van der Waals surface area (Å²) in [6.07, 6.45) is 0.542. The monoisotopic (exact) mass is 203 g/mol. The second-order valence-electron chi connectivity index (χ2n) is 3.23. The van der Waals surface area contributed by atoms with E-state index in [0.717, 1.165) is 5.56 Å². The number of nitrogens with zero attached hydrogens (tertiary/aromatic N) is 1. The van der Waals surface area contributed by atoms with E-state index in [9.17, 15) is 9.50 Å². The van der Waals surface area contributed by atoms with E-state index in [0.29, 0.717) is 5.56 Å². The summed E-state index contributed by atoms with van der Waals surface area (Å²) in [5.41, 5.74) is 1.25. The number of aliphatic hydroxyl groups excluding tert-OH is 1. The molecule has 1 heterocycles. The standard InChI is InChI=1S/C12H10FNO/c13-11-8-10(6-7-14-11)12(15)9-4-2-1-3-5-9/h1-8,12,15H. The molecule has 1 atom stereocenters. The highest BCUT2D eigenvalue weighted by molar-refractivity contribution is 5.28. The minimum Gasteiger partial charge on any atom is -0.384 e. The van der Waals surface area contributed by atoms with Crippen molar-refractivity contribution >= 4 is 0 Å². The Labute approximate surface area is 87.0 Å². The summed E-state index contributed by atoms with van der Waals surface area (Å²) in [7, 11) is 0. The minimum atomic E-state index is -0.802. The summed E-state index contributed by atoms with van der Waals surface area (Å²) in [4.78, 5) is 3.44. The molecule has 1 N–H and O–H groups in total. The first kappa shape index (κ1) is 9.80.